The molecule has 1 saturated carbocycles. The minimum Gasteiger partial charge on any atom is -0.325 e. The van der Waals surface area contributed by atoms with Gasteiger partial charge in [-0.05, 0) is 63.0 Å². The van der Waals surface area contributed by atoms with Crippen LogP contribution in [-0.2, 0) is 18.0 Å². The molecule has 2 aromatic rings. The average Bonchev–Trinajstić information content (AvgIpc) is 3.48. The Bertz CT molecular complexity index is 968. The van der Waals surface area contributed by atoms with Crippen molar-refractivity contribution >= 4 is 11.6 Å². The van der Waals surface area contributed by atoms with Gasteiger partial charge in [0.2, 0.25) is 5.91 Å². The number of hydrogen-bond acceptors (Lipinski definition) is 4. The minimum absolute atomic E-state index is 0.0640. The normalized spacial score (nSPS) is 18.5. The Balaban J connectivity index is 1.30. The summed E-state index contributed by atoms with van der Waals surface area (Å²) in [5.74, 6) is 0.772. The molecule has 30 heavy (non-hydrogen) atoms. The van der Waals surface area contributed by atoms with E-state index in [0.717, 1.165) is 43.6 Å². The van der Waals surface area contributed by atoms with Gasteiger partial charge in [-0.25, -0.2) is 9.48 Å². The number of likely N-dealkylation sites (tertiary alicyclic amines) is 1. The molecule has 2 fully saturated rings. The van der Waals surface area contributed by atoms with E-state index in [2.05, 4.69) is 10.4 Å². The SMILES string of the molecule is Cn1nc(C2CCN(CC(=O)Nc3ccc(C(F)(F)F)cc3)CC2)n(C2CC2)c1=O. The van der Waals surface area contributed by atoms with E-state index >= 15 is 0 Å². The van der Waals surface area contributed by atoms with E-state index in [1.165, 1.54) is 16.8 Å². The quantitative estimate of drug-likeness (QED) is 0.803. The topological polar surface area (TPSA) is 72.2 Å². The molecular weight excluding hydrogens is 399 g/mol. The van der Waals surface area contributed by atoms with Crippen LogP contribution < -0.4 is 11.0 Å². The summed E-state index contributed by atoms with van der Waals surface area (Å²) in [6, 6.07) is 4.69. The molecule has 1 amide bonds. The first kappa shape index (κ1) is 20.6. The molecule has 1 saturated heterocycles. The number of carbonyl (C=O) groups is 1. The number of rotatable bonds is 5. The first-order valence-electron chi connectivity index (χ1n) is 10.1. The van der Waals surface area contributed by atoms with Gasteiger partial charge in [0.15, 0.2) is 0 Å². The number of piperidine rings is 1. The number of hydrogen-bond donors (Lipinski definition) is 1. The molecule has 1 aromatic carbocycles. The molecule has 2 aliphatic rings. The maximum Gasteiger partial charge on any atom is 0.416 e. The molecule has 0 atom stereocenters. The fraction of sp³-hybridized carbons (Fsp3) is 0.550. The third-order valence-electron chi connectivity index (χ3n) is 5.71. The number of aromatic nitrogens is 3. The summed E-state index contributed by atoms with van der Waals surface area (Å²) in [5, 5.41) is 7.10. The summed E-state index contributed by atoms with van der Waals surface area (Å²) < 4.78 is 41.1. The van der Waals surface area contributed by atoms with Gasteiger partial charge in [0.1, 0.15) is 5.82 Å². The second-order valence-electron chi connectivity index (χ2n) is 8.04. The monoisotopic (exact) mass is 423 g/mol. The van der Waals surface area contributed by atoms with Crippen molar-refractivity contribution < 1.29 is 18.0 Å². The summed E-state index contributed by atoms with van der Waals surface area (Å²) in [5.41, 5.74) is -0.475. The second kappa shape index (κ2) is 7.90. The molecule has 1 aliphatic heterocycles. The van der Waals surface area contributed by atoms with Crippen molar-refractivity contribution in [3.05, 3.63) is 46.1 Å². The molecule has 0 unspecified atom stereocenters. The van der Waals surface area contributed by atoms with Crippen LogP contribution in [0, 0.1) is 0 Å². The Morgan fingerprint density at radius 2 is 1.77 bits per heavy atom. The zero-order chi connectivity index (χ0) is 21.5. The molecule has 0 radical (unpaired) electrons. The molecule has 0 bridgehead atoms. The number of benzene rings is 1. The third-order valence-corrected chi connectivity index (χ3v) is 5.71. The van der Waals surface area contributed by atoms with Gasteiger partial charge in [0.25, 0.3) is 0 Å². The summed E-state index contributed by atoms with van der Waals surface area (Å²) in [4.78, 5) is 26.6. The number of anilines is 1. The predicted octanol–water partition coefficient (Wildman–Crippen LogP) is 2.75. The molecule has 7 nitrogen and oxygen atoms in total. The molecule has 10 heteroatoms. The van der Waals surface area contributed by atoms with Crippen LogP contribution in [0.3, 0.4) is 0 Å². The highest BCUT2D eigenvalue weighted by molar-refractivity contribution is 5.92. The largest absolute Gasteiger partial charge is 0.416 e. The fourth-order valence-corrected chi connectivity index (χ4v) is 3.95. The van der Waals surface area contributed by atoms with Crippen LogP contribution in [0.25, 0.3) is 0 Å². The minimum atomic E-state index is -4.40. The van der Waals surface area contributed by atoms with Crippen LogP contribution in [0.1, 0.15) is 49.0 Å². The van der Waals surface area contributed by atoms with Crippen LogP contribution >= 0.6 is 0 Å². The van der Waals surface area contributed by atoms with Gasteiger partial charge in [-0.15, -0.1) is 0 Å². The van der Waals surface area contributed by atoms with Crippen molar-refractivity contribution in [3.63, 3.8) is 0 Å². The Labute approximate surface area is 171 Å². The van der Waals surface area contributed by atoms with Gasteiger partial charge in [0, 0.05) is 24.7 Å². The molecule has 1 aliphatic carbocycles. The van der Waals surface area contributed by atoms with E-state index in [1.807, 2.05) is 9.47 Å². The second-order valence-corrected chi connectivity index (χ2v) is 8.04. The maximum atomic E-state index is 12.6. The van der Waals surface area contributed by atoms with Gasteiger partial charge in [-0.3, -0.25) is 14.3 Å². The average molecular weight is 423 g/mol. The van der Waals surface area contributed by atoms with Crippen molar-refractivity contribution in [2.45, 2.75) is 43.8 Å². The van der Waals surface area contributed by atoms with Crippen molar-refractivity contribution in [1.82, 2.24) is 19.2 Å². The molecular formula is C20H24F3N5O2. The molecule has 0 spiro atoms. The number of aryl methyl sites for hydroxylation is 1. The number of amides is 1. The number of carbonyl (C=O) groups excluding carboxylic acids is 1. The standard InChI is InChI=1S/C20H24F3N5O2/c1-26-19(30)28(16-6-7-16)18(25-26)13-8-10-27(11-9-13)12-17(29)24-15-4-2-14(3-5-15)20(21,22)23/h2-5,13,16H,6-12H2,1H3,(H,24,29). The van der Waals surface area contributed by atoms with E-state index < -0.39 is 11.7 Å². The fourth-order valence-electron chi connectivity index (χ4n) is 3.95. The van der Waals surface area contributed by atoms with Crippen molar-refractivity contribution in [3.8, 4) is 0 Å². The zero-order valence-corrected chi connectivity index (χ0v) is 16.7. The lowest BCUT2D eigenvalue weighted by Crippen LogP contribution is -2.39. The van der Waals surface area contributed by atoms with Crippen LogP contribution in [0.4, 0.5) is 18.9 Å². The van der Waals surface area contributed by atoms with Gasteiger partial charge < -0.3 is 5.32 Å². The Hall–Kier alpha value is -2.62. The Morgan fingerprint density at radius 3 is 2.33 bits per heavy atom. The third kappa shape index (κ3) is 4.43. The van der Waals surface area contributed by atoms with Gasteiger partial charge in [-0.2, -0.15) is 18.3 Å². The molecule has 162 valence electrons. The van der Waals surface area contributed by atoms with Crippen molar-refractivity contribution in [2.24, 2.45) is 7.05 Å². The van der Waals surface area contributed by atoms with Crippen molar-refractivity contribution in [1.29, 1.82) is 0 Å². The van der Waals surface area contributed by atoms with E-state index in [9.17, 15) is 22.8 Å². The molecule has 1 aromatic heterocycles. The summed E-state index contributed by atoms with van der Waals surface area (Å²) in [7, 11) is 1.67. The maximum absolute atomic E-state index is 12.6. The molecule has 1 N–H and O–H groups in total. The molecule has 4 rings (SSSR count). The number of halogens is 3. The lowest BCUT2D eigenvalue weighted by atomic mass is 9.96. The van der Waals surface area contributed by atoms with Crippen molar-refractivity contribution in [2.75, 3.05) is 25.0 Å². The first-order valence-corrected chi connectivity index (χ1v) is 10.1. The van der Waals surface area contributed by atoms with Gasteiger partial charge >= 0.3 is 11.9 Å². The predicted molar refractivity (Wildman–Crippen MR) is 104 cm³/mol. The lowest BCUT2D eigenvalue weighted by Gasteiger charge is -2.31. The molecule has 2 heterocycles. The summed E-state index contributed by atoms with van der Waals surface area (Å²) in [6.07, 6.45) is -0.762. The highest BCUT2D eigenvalue weighted by Crippen LogP contribution is 2.37. The number of nitrogens with zero attached hydrogens (tertiary/aromatic N) is 4. The van der Waals surface area contributed by atoms with E-state index in [4.69, 9.17) is 0 Å². The smallest absolute Gasteiger partial charge is 0.325 e. The van der Waals surface area contributed by atoms with Crippen LogP contribution in [-0.4, -0.2) is 44.8 Å². The number of alkyl halides is 3. The highest BCUT2D eigenvalue weighted by atomic mass is 19.4. The Kier molecular flexibility index (Phi) is 5.44. The zero-order valence-electron chi connectivity index (χ0n) is 16.7. The summed E-state index contributed by atoms with van der Waals surface area (Å²) in [6.45, 7) is 1.56. The summed E-state index contributed by atoms with van der Waals surface area (Å²) >= 11 is 0. The van der Waals surface area contributed by atoms with E-state index in [-0.39, 0.29) is 30.1 Å². The van der Waals surface area contributed by atoms with Crippen LogP contribution in [0.5, 0.6) is 0 Å². The van der Waals surface area contributed by atoms with E-state index in [1.54, 1.807) is 7.05 Å². The van der Waals surface area contributed by atoms with Gasteiger partial charge in [-0.1, -0.05) is 0 Å². The lowest BCUT2D eigenvalue weighted by molar-refractivity contribution is -0.137. The Morgan fingerprint density at radius 1 is 1.13 bits per heavy atom. The number of nitrogens with one attached hydrogen (secondary N) is 1. The van der Waals surface area contributed by atoms with E-state index in [0.29, 0.717) is 18.8 Å². The van der Waals surface area contributed by atoms with Gasteiger partial charge in [0.05, 0.1) is 12.1 Å². The van der Waals surface area contributed by atoms with Crippen LogP contribution in [0.15, 0.2) is 29.1 Å². The highest BCUT2D eigenvalue weighted by Gasteiger charge is 2.34. The van der Waals surface area contributed by atoms with Crippen LogP contribution in [0.2, 0.25) is 0 Å². The first-order chi connectivity index (χ1) is 14.2.